The van der Waals surface area contributed by atoms with Crippen LogP contribution in [0.5, 0.6) is 5.75 Å². The summed E-state index contributed by atoms with van der Waals surface area (Å²) in [5.74, 6) is 0.576. The zero-order chi connectivity index (χ0) is 18.7. The van der Waals surface area contributed by atoms with Crippen LogP contribution in [-0.2, 0) is 10.0 Å². The van der Waals surface area contributed by atoms with Gasteiger partial charge in [0.1, 0.15) is 5.75 Å². The molecule has 1 heterocycles. The van der Waals surface area contributed by atoms with Crippen LogP contribution in [0.1, 0.15) is 5.56 Å². The van der Waals surface area contributed by atoms with E-state index in [1.165, 1.54) is 17.4 Å². The fourth-order valence-corrected chi connectivity index (χ4v) is 3.82. The lowest BCUT2D eigenvalue weighted by molar-refractivity contribution is 0.416. The summed E-state index contributed by atoms with van der Waals surface area (Å²) in [6, 6.07) is 16.8. The van der Waals surface area contributed by atoms with E-state index in [1.54, 1.807) is 49.7 Å². The third-order valence-electron chi connectivity index (χ3n) is 4.08. The Labute approximate surface area is 152 Å². The van der Waals surface area contributed by atoms with Gasteiger partial charge in [-0.3, -0.25) is 4.31 Å². The monoisotopic (exact) mass is 367 g/mol. The number of sulfonamides is 1. The summed E-state index contributed by atoms with van der Waals surface area (Å²) in [5, 5.41) is 8.88. The number of aromatic amines is 1. The number of rotatable bonds is 5. The molecule has 0 aliphatic heterocycles. The third kappa shape index (κ3) is 3.15. The van der Waals surface area contributed by atoms with E-state index in [9.17, 15) is 8.42 Å². The summed E-state index contributed by atoms with van der Waals surface area (Å²) < 4.78 is 32.6. The van der Waals surface area contributed by atoms with Gasteiger partial charge in [-0.05, 0) is 54.6 Å². The number of nitriles is 1. The minimum absolute atomic E-state index is 0.148. The van der Waals surface area contributed by atoms with Crippen molar-refractivity contribution in [3.8, 4) is 23.1 Å². The van der Waals surface area contributed by atoms with Crippen molar-refractivity contribution in [3.05, 3.63) is 66.4 Å². The number of anilines is 1. The second kappa shape index (κ2) is 6.94. The Morgan fingerprint density at radius 3 is 2.42 bits per heavy atom. The molecule has 1 aromatic heterocycles. The predicted molar refractivity (Wildman–Crippen MR) is 99.5 cm³/mol. The molecule has 6 nitrogen and oxygen atoms in total. The maximum atomic E-state index is 13.0. The second-order valence-corrected chi connectivity index (χ2v) is 7.55. The highest BCUT2D eigenvalue weighted by Crippen LogP contribution is 2.32. The van der Waals surface area contributed by atoms with Crippen LogP contribution >= 0.6 is 0 Å². The summed E-state index contributed by atoms with van der Waals surface area (Å²) >= 11 is 0. The van der Waals surface area contributed by atoms with E-state index in [0.717, 1.165) is 5.69 Å². The van der Waals surface area contributed by atoms with Crippen LogP contribution in [0.15, 0.2) is 65.7 Å². The summed E-state index contributed by atoms with van der Waals surface area (Å²) in [5.41, 5.74) is 2.37. The molecule has 26 heavy (non-hydrogen) atoms. The van der Waals surface area contributed by atoms with E-state index in [2.05, 4.69) is 4.98 Å². The number of hydrogen-bond acceptors (Lipinski definition) is 4. The third-order valence-corrected chi connectivity index (χ3v) is 5.86. The molecule has 2 aromatic carbocycles. The van der Waals surface area contributed by atoms with Gasteiger partial charge < -0.3 is 9.72 Å². The van der Waals surface area contributed by atoms with E-state index in [0.29, 0.717) is 22.6 Å². The molecule has 7 heteroatoms. The van der Waals surface area contributed by atoms with Gasteiger partial charge in [0.05, 0.1) is 29.3 Å². The number of benzene rings is 2. The van der Waals surface area contributed by atoms with Crippen LogP contribution in [0, 0.1) is 11.3 Å². The lowest BCUT2D eigenvalue weighted by atomic mass is 10.1. The van der Waals surface area contributed by atoms with E-state index in [1.807, 2.05) is 18.2 Å². The maximum absolute atomic E-state index is 13.0. The number of ether oxygens (including phenoxy) is 1. The van der Waals surface area contributed by atoms with Gasteiger partial charge in [-0.1, -0.05) is 0 Å². The zero-order valence-corrected chi connectivity index (χ0v) is 15.1. The van der Waals surface area contributed by atoms with Crippen molar-refractivity contribution in [1.29, 1.82) is 5.26 Å². The van der Waals surface area contributed by atoms with Crippen LogP contribution in [0.25, 0.3) is 11.3 Å². The summed E-state index contributed by atoms with van der Waals surface area (Å²) in [6.07, 6.45) is 1.76. The van der Waals surface area contributed by atoms with Gasteiger partial charge in [-0.2, -0.15) is 5.26 Å². The number of aromatic nitrogens is 1. The lowest BCUT2D eigenvalue weighted by Gasteiger charge is -2.20. The highest BCUT2D eigenvalue weighted by molar-refractivity contribution is 7.92. The van der Waals surface area contributed by atoms with E-state index in [-0.39, 0.29) is 4.90 Å². The first-order valence-corrected chi connectivity index (χ1v) is 9.22. The normalized spacial score (nSPS) is 11.0. The zero-order valence-electron chi connectivity index (χ0n) is 14.3. The van der Waals surface area contributed by atoms with Crippen molar-refractivity contribution in [2.45, 2.75) is 4.90 Å². The number of H-pyrrole nitrogens is 1. The standard InChI is InChI=1S/C19H17N3O3S/c1-22(15-7-5-14(13-20)6-8-15)26(23,24)16-9-10-19(25-2)17(12-16)18-4-3-11-21-18/h3-12,21H,1-2H3. The first-order chi connectivity index (χ1) is 12.5. The predicted octanol–water partition coefficient (Wildman–Crippen LogP) is 3.39. The molecule has 0 fully saturated rings. The number of nitrogens with one attached hydrogen (secondary N) is 1. The van der Waals surface area contributed by atoms with Gasteiger partial charge in [-0.25, -0.2) is 8.42 Å². The first-order valence-electron chi connectivity index (χ1n) is 7.78. The highest BCUT2D eigenvalue weighted by Gasteiger charge is 2.23. The molecule has 0 amide bonds. The second-order valence-electron chi connectivity index (χ2n) is 5.58. The lowest BCUT2D eigenvalue weighted by Crippen LogP contribution is -2.26. The van der Waals surface area contributed by atoms with Crippen molar-refractivity contribution in [2.24, 2.45) is 0 Å². The summed E-state index contributed by atoms with van der Waals surface area (Å²) in [4.78, 5) is 3.21. The fraction of sp³-hybridized carbons (Fsp3) is 0.105. The van der Waals surface area contributed by atoms with Gasteiger partial charge in [0.2, 0.25) is 0 Å². The van der Waals surface area contributed by atoms with Crippen molar-refractivity contribution in [3.63, 3.8) is 0 Å². The highest BCUT2D eigenvalue weighted by atomic mass is 32.2. The van der Waals surface area contributed by atoms with Gasteiger partial charge in [0, 0.05) is 24.5 Å². The molecule has 0 bridgehead atoms. The molecule has 0 atom stereocenters. The summed E-state index contributed by atoms with van der Waals surface area (Å²) in [6.45, 7) is 0. The molecule has 0 unspecified atom stereocenters. The molecule has 0 saturated carbocycles. The molecule has 0 spiro atoms. The Bertz CT molecular complexity index is 1050. The molecule has 1 N–H and O–H groups in total. The SMILES string of the molecule is COc1ccc(S(=O)(=O)N(C)c2ccc(C#N)cc2)cc1-c1ccc[nH]1. The number of hydrogen-bond donors (Lipinski definition) is 1. The average Bonchev–Trinajstić information content (AvgIpc) is 3.21. The van der Waals surface area contributed by atoms with Crippen LogP contribution in [-0.4, -0.2) is 27.6 Å². The molecule has 3 aromatic rings. The van der Waals surface area contributed by atoms with Crippen molar-refractivity contribution in [1.82, 2.24) is 4.98 Å². The molecule has 132 valence electrons. The van der Waals surface area contributed by atoms with E-state index >= 15 is 0 Å². The average molecular weight is 367 g/mol. The number of nitrogens with zero attached hydrogens (tertiary/aromatic N) is 2. The minimum Gasteiger partial charge on any atom is -0.496 e. The molecule has 0 radical (unpaired) electrons. The fourth-order valence-electron chi connectivity index (χ4n) is 2.60. The first kappa shape index (κ1) is 17.6. The smallest absolute Gasteiger partial charge is 0.264 e. The van der Waals surface area contributed by atoms with Crippen molar-refractivity contribution in [2.75, 3.05) is 18.5 Å². The van der Waals surface area contributed by atoms with Crippen LogP contribution in [0.2, 0.25) is 0 Å². The summed E-state index contributed by atoms with van der Waals surface area (Å²) in [7, 11) is -0.747. The quantitative estimate of drug-likeness (QED) is 0.749. The molecule has 0 aliphatic rings. The van der Waals surface area contributed by atoms with Crippen LogP contribution < -0.4 is 9.04 Å². The van der Waals surface area contributed by atoms with Gasteiger partial charge >= 0.3 is 0 Å². The maximum Gasteiger partial charge on any atom is 0.264 e. The van der Waals surface area contributed by atoms with Crippen molar-refractivity contribution < 1.29 is 13.2 Å². The minimum atomic E-state index is -3.77. The number of methoxy groups -OCH3 is 1. The Hall–Kier alpha value is -3.24. The molecular weight excluding hydrogens is 350 g/mol. The van der Waals surface area contributed by atoms with Crippen LogP contribution in [0.4, 0.5) is 5.69 Å². The van der Waals surface area contributed by atoms with Crippen molar-refractivity contribution >= 4 is 15.7 Å². The van der Waals surface area contributed by atoms with E-state index < -0.39 is 10.0 Å². The van der Waals surface area contributed by atoms with Crippen LogP contribution in [0.3, 0.4) is 0 Å². The van der Waals surface area contributed by atoms with Gasteiger partial charge in [-0.15, -0.1) is 0 Å². The van der Waals surface area contributed by atoms with E-state index in [4.69, 9.17) is 10.00 Å². The Morgan fingerprint density at radius 1 is 1.12 bits per heavy atom. The Morgan fingerprint density at radius 2 is 1.85 bits per heavy atom. The Kier molecular flexibility index (Phi) is 4.69. The largest absolute Gasteiger partial charge is 0.496 e. The Balaban J connectivity index is 2.03. The van der Waals surface area contributed by atoms with Gasteiger partial charge in [0.15, 0.2) is 0 Å². The molecule has 3 rings (SSSR count). The molecule has 0 saturated heterocycles. The molecular formula is C19H17N3O3S. The topological polar surface area (TPSA) is 86.2 Å². The molecule has 0 aliphatic carbocycles. The van der Waals surface area contributed by atoms with Gasteiger partial charge in [0.25, 0.3) is 10.0 Å².